The molecule has 28 heavy (non-hydrogen) atoms. The predicted molar refractivity (Wildman–Crippen MR) is 108 cm³/mol. The number of hydrogen-bond donors (Lipinski definition) is 3. The van der Waals surface area contributed by atoms with E-state index in [-0.39, 0.29) is 12.3 Å². The number of amides is 2. The molecular formula is C22H28N2O4. The van der Waals surface area contributed by atoms with Gasteiger partial charge in [-0.3, -0.25) is 14.8 Å². The SMILES string of the molecule is CN(C)C(=O)Cc1ccc(-c2ccc([C@H](O)CCCCC(=O)NO)cc2)cc1. The molecule has 0 fully saturated rings. The molecule has 6 nitrogen and oxygen atoms in total. The Morgan fingerprint density at radius 1 is 0.964 bits per heavy atom. The smallest absolute Gasteiger partial charge is 0.243 e. The second-order valence-electron chi connectivity index (χ2n) is 7.08. The summed E-state index contributed by atoms with van der Waals surface area (Å²) >= 11 is 0. The Labute approximate surface area is 165 Å². The van der Waals surface area contributed by atoms with Gasteiger partial charge in [-0.1, -0.05) is 55.0 Å². The zero-order chi connectivity index (χ0) is 20.5. The highest BCUT2D eigenvalue weighted by atomic mass is 16.5. The summed E-state index contributed by atoms with van der Waals surface area (Å²) in [6, 6.07) is 15.7. The Morgan fingerprint density at radius 3 is 2.07 bits per heavy atom. The summed E-state index contributed by atoms with van der Waals surface area (Å²) in [4.78, 5) is 24.3. The van der Waals surface area contributed by atoms with Crippen molar-refractivity contribution in [3.05, 3.63) is 59.7 Å². The van der Waals surface area contributed by atoms with Crippen molar-refractivity contribution in [3.63, 3.8) is 0 Å². The number of aliphatic hydroxyl groups excluding tert-OH is 1. The lowest BCUT2D eigenvalue weighted by molar-refractivity contribution is -0.129. The lowest BCUT2D eigenvalue weighted by atomic mass is 9.98. The zero-order valence-electron chi connectivity index (χ0n) is 16.4. The molecule has 3 N–H and O–H groups in total. The van der Waals surface area contributed by atoms with Crippen LogP contribution in [0.15, 0.2) is 48.5 Å². The average molecular weight is 384 g/mol. The van der Waals surface area contributed by atoms with E-state index in [9.17, 15) is 14.7 Å². The van der Waals surface area contributed by atoms with Crippen LogP contribution in [0.1, 0.15) is 42.9 Å². The summed E-state index contributed by atoms with van der Waals surface area (Å²) < 4.78 is 0. The predicted octanol–water partition coefficient (Wildman–Crippen LogP) is 3.08. The molecule has 0 spiro atoms. The van der Waals surface area contributed by atoms with Crippen molar-refractivity contribution in [1.29, 1.82) is 0 Å². The fraction of sp³-hybridized carbons (Fsp3) is 0.364. The van der Waals surface area contributed by atoms with Gasteiger partial charge in [0, 0.05) is 20.5 Å². The minimum atomic E-state index is -0.578. The van der Waals surface area contributed by atoms with Crippen molar-refractivity contribution in [2.75, 3.05) is 14.1 Å². The summed E-state index contributed by atoms with van der Waals surface area (Å²) in [5.41, 5.74) is 5.51. The maximum Gasteiger partial charge on any atom is 0.243 e. The molecule has 2 aromatic rings. The molecule has 0 aliphatic heterocycles. The van der Waals surface area contributed by atoms with Gasteiger partial charge in [0.1, 0.15) is 0 Å². The summed E-state index contributed by atoms with van der Waals surface area (Å²) in [7, 11) is 3.50. The summed E-state index contributed by atoms with van der Waals surface area (Å²) in [5.74, 6) is -0.334. The highest BCUT2D eigenvalue weighted by molar-refractivity contribution is 5.78. The van der Waals surface area contributed by atoms with Crippen molar-refractivity contribution >= 4 is 11.8 Å². The van der Waals surface area contributed by atoms with Gasteiger partial charge in [-0.05, 0) is 35.1 Å². The molecule has 0 bridgehead atoms. The number of nitrogens with one attached hydrogen (secondary N) is 1. The first-order valence-electron chi connectivity index (χ1n) is 9.41. The van der Waals surface area contributed by atoms with E-state index in [2.05, 4.69) is 0 Å². The van der Waals surface area contributed by atoms with Gasteiger partial charge in [-0.15, -0.1) is 0 Å². The number of likely N-dealkylation sites (N-methyl/N-ethyl adjacent to an activating group) is 1. The number of hydrogen-bond acceptors (Lipinski definition) is 4. The summed E-state index contributed by atoms with van der Waals surface area (Å²) in [6.45, 7) is 0. The van der Waals surface area contributed by atoms with Crippen molar-refractivity contribution in [1.82, 2.24) is 10.4 Å². The molecule has 2 aromatic carbocycles. The molecule has 0 aliphatic rings. The molecule has 0 heterocycles. The molecule has 0 saturated heterocycles. The van der Waals surface area contributed by atoms with Crippen molar-refractivity contribution in [2.45, 2.75) is 38.2 Å². The second kappa shape index (κ2) is 10.6. The Hall–Kier alpha value is -2.70. The largest absolute Gasteiger partial charge is 0.388 e. The molecule has 0 aromatic heterocycles. The van der Waals surface area contributed by atoms with Crippen LogP contribution in [0.2, 0.25) is 0 Å². The van der Waals surface area contributed by atoms with E-state index in [0.717, 1.165) is 22.3 Å². The molecule has 1 atom stereocenters. The third-order valence-corrected chi connectivity index (χ3v) is 4.69. The number of unbranched alkanes of at least 4 members (excludes halogenated alkanes) is 1. The van der Waals surface area contributed by atoms with Gasteiger partial charge < -0.3 is 10.0 Å². The van der Waals surface area contributed by atoms with Crippen LogP contribution in [0.25, 0.3) is 11.1 Å². The van der Waals surface area contributed by atoms with Gasteiger partial charge in [-0.2, -0.15) is 0 Å². The van der Waals surface area contributed by atoms with Gasteiger partial charge in [0.25, 0.3) is 0 Å². The molecule has 0 unspecified atom stereocenters. The van der Waals surface area contributed by atoms with E-state index < -0.39 is 12.0 Å². The zero-order valence-corrected chi connectivity index (χ0v) is 16.4. The van der Waals surface area contributed by atoms with E-state index >= 15 is 0 Å². The van der Waals surface area contributed by atoms with Crippen LogP contribution in [0, 0.1) is 0 Å². The fourth-order valence-electron chi connectivity index (χ4n) is 2.89. The molecule has 6 heteroatoms. The minimum absolute atomic E-state index is 0.0723. The lowest BCUT2D eigenvalue weighted by Crippen LogP contribution is -2.23. The van der Waals surface area contributed by atoms with Gasteiger partial charge in [0.2, 0.25) is 11.8 Å². The molecular weight excluding hydrogens is 356 g/mol. The average Bonchev–Trinajstić information content (AvgIpc) is 2.71. The highest BCUT2D eigenvalue weighted by Crippen LogP contribution is 2.25. The Bertz CT molecular complexity index is 770. The van der Waals surface area contributed by atoms with Crippen molar-refractivity contribution < 1.29 is 19.9 Å². The maximum absolute atomic E-state index is 11.8. The highest BCUT2D eigenvalue weighted by Gasteiger charge is 2.09. The number of hydroxylamine groups is 1. The molecule has 0 aliphatic carbocycles. The molecule has 2 amide bonds. The molecule has 150 valence electrons. The van der Waals surface area contributed by atoms with Crippen molar-refractivity contribution in [2.24, 2.45) is 0 Å². The quantitative estimate of drug-likeness (QED) is 0.352. The number of nitrogens with zero attached hydrogens (tertiary/aromatic N) is 1. The number of aliphatic hydroxyl groups is 1. The van der Waals surface area contributed by atoms with Crippen LogP contribution in [-0.4, -0.2) is 41.1 Å². The third kappa shape index (κ3) is 6.48. The van der Waals surface area contributed by atoms with E-state index in [1.165, 1.54) is 0 Å². The van der Waals surface area contributed by atoms with E-state index in [0.29, 0.717) is 25.7 Å². The van der Waals surface area contributed by atoms with Crippen LogP contribution >= 0.6 is 0 Å². The second-order valence-corrected chi connectivity index (χ2v) is 7.08. The maximum atomic E-state index is 11.8. The lowest BCUT2D eigenvalue weighted by Gasteiger charge is -2.12. The number of rotatable bonds is 9. The van der Waals surface area contributed by atoms with Gasteiger partial charge in [0.15, 0.2) is 0 Å². The normalized spacial score (nSPS) is 11.7. The molecule has 2 rings (SSSR count). The minimum Gasteiger partial charge on any atom is -0.388 e. The summed E-state index contributed by atoms with van der Waals surface area (Å²) in [6.07, 6.45) is 1.93. The van der Waals surface area contributed by atoms with Crippen LogP contribution in [-0.2, 0) is 16.0 Å². The standard InChI is InChI=1S/C22H28N2O4/c1-24(2)22(27)15-16-7-9-17(10-8-16)18-11-13-19(14-12-18)20(25)5-3-4-6-21(26)23-28/h7-14,20,25,28H,3-6,15H2,1-2H3,(H,23,26)/t20-/m1/s1. The Balaban J connectivity index is 1.91. The van der Waals surface area contributed by atoms with Crippen LogP contribution < -0.4 is 5.48 Å². The van der Waals surface area contributed by atoms with Crippen LogP contribution in [0.5, 0.6) is 0 Å². The third-order valence-electron chi connectivity index (χ3n) is 4.69. The Kier molecular flexibility index (Phi) is 8.17. The monoisotopic (exact) mass is 384 g/mol. The van der Waals surface area contributed by atoms with E-state index in [4.69, 9.17) is 5.21 Å². The fourth-order valence-corrected chi connectivity index (χ4v) is 2.89. The first-order chi connectivity index (χ1) is 13.4. The first kappa shape index (κ1) is 21.6. The Morgan fingerprint density at radius 2 is 1.54 bits per heavy atom. The molecule has 0 saturated carbocycles. The van der Waals surface area contributed by atoms with E-state index in [1.807, 2.05) is 48.5 Å². The van der Waals surface area contributed by atoms with Gasteiger partial charge in [0.05, 0.1) is 12.5 Å². The van der Waals surface area contributed by atoms with E-state index in [1.54, 1.807) is 24.5 Å². The van der Waals surface area contributed by atoms with Crippen LogP contribution in [0.3, 0.4) is 0 Å². The van der Waals surface area contributed by atoms with Crippen molar-refractivity contribution in [3.8, 4) is 11.1 Å². The topological polar surface area (TPSA) is 89.9 Å². The summed E-state index contributed by atoms with van der Waals surface area (Å²) in [5, 5.41) is 18.7. The molecule has 0 radical (unpaired) electrons. The van der Waals surface area contributed by atoms with Crippen LogP contribution in [0.4, 0.5) is 0 Å². The number of carbonyl (C=O) groups is 2. The first-order valence-corrected chi connectivity index (χ1v) is 9.41. The number of carbonyl (C=O) groups excluding carboxylic acids is 2. The number of benzene rings is 2. The van der Waals surface area contributed by atoms with Gasteiger partial charge >= 0.3 is 0 Å². The van der Waals surface area contributed by atoms with Gasteiger partial charge in [-0.25, -0.2) is 5.48 Å².